The summed E-state index contributed by atoms with van der Waals surface area (Å²) in [5.41, 5.74) is 0.907. The molecule has 1 aromatic carbocycles. The Balaban J connectivity index is 2.03. The zero-order chi connectivity index (χ0) is 16.3. The molecule has 2 heterocycles. The van der Waals surface area contributed by atoms with Gasteiger partial charge in [0.05, 0.1) is 10.9 Å². The molecule has 23 heavy (non-hydrogen) atoms. The molecule has 1 aliphatic heterocycles. The molecule has 3 rings (SSSR count). The van der Waals surface area contributed by atoms with Gasteiger partial charge in [0.1, 0.15) is 0 Å². The third kappa shape index (κ3) is 3.28. The molecule has 0 aliphatic carbocycles. The number of nitrogens with one attached hydrogen (secondary N) is 1. The van der Waals surface area contributed by atoms with E-state index in [1.165, 1.54) is 11.8 Å². The summed E-state index contributed by atoms with van der Waals surface area (Å²) < 4.78 is 28.0. The SMILES string of the molecule is CSc1ccccc1S(=O)(=O)N1CCNCC1c1cccnc1. The molecule has 5 nitrogen and oxygen atoms in total. The van der Waals surface area contributed by atoms with Crippen LogP contribution in [0.1, 0.15) is 11.6 Å². The summed E-state index contributed by atoms with van der Waals surface area (Å²) in [4.78, 5) is 5.28. The first-order valence-corrected chi connectivity index (χ1v) is 10.1. The monoisotopic (exact) mass is 349 g/mol. The van der Waals surface area contributed by atoms with Crippen LogP contribution in [0.3, 0.4) is 0 Å². The quantitative estimate of drug-likeness (QED) is 0.857. The van der Waals surface area contributed by atoms with Gasteiger partial charge in [-0.05, 0) is 30.0 Å². The van der Waals surface area contributed by atoms with Gasteiger partial charge in [0.25, 0.3) is 0 Å². The van der Waals surface area contributed by atoms with Gasteiger partial charge in [-0.3, -0.25) is 4.98 Å². The standard InChI is InChI=1S/C16H19N3O2S2/c1-22-15-6-2-3-7-16(15)23(20,21)19-10-9-18-12-14(19)13-5-4-8-17-11-13/h2-8,11,14,18H,9-10,12H2,1H3. The summed E-state index contributed by atoms with van der Waals surface area (Å²) in [6.07, 6.45) is 5.33. The Morgan fingerprint density at radius 3 is 2.83 bits per heavy atom. The average Bonchev–Trinajstić information content (AvgIpc) is 2.62. The van der Waals surface area contributed by atoms with Crippen LogP contribution in [-0.2, 0) is 10.0 Å². The summed E-state index contributed by atoms with van der Waals surface area (Å²) in [5, 5.41) is 3.28. The maximum absolute atomic E-state index is 13.2. The van der Waals surface area contributed by atoms with Gasteiger partial charge in [0, 0.05) is 36.9 Å². The lowest BCUT2D eigenvalue weighted by atomic mass is 10.1. The predicted octanol–water partition coefficient (Wildman–Crippen LogP) is 2.14. The molecular weight excluding hydrogens is 330 g/mol. The second-order valence-corrected chi connectivity index (χ2v) is 7.98. The van der Waals surface area contributed by atoms with E-state index in [4.69, 9.17) is 0 Å². The summed E-state index contributed by atoms with van der Waals surface area (Å²) in [5.74, 6) is 0. The average molecular weight is 349 g/mol. The molecule has 0 saturated carbocycles. The number of hydrogen-bond donors (Lipinski definition) is 1. The fourth-order valence-electron chi connectivity index (χ4n) is 2.79. The van der Waals surface area contributed by atoms with Crippen LogP contribution in [0.15, 0.2) is 58.6 Å². The normalized spacial score (nSPS) is 19.6. The van der Waals surface area contributed by atoms with Gasteiger partial charge in [-0.1, -0.05) is 18.2 Å². The number of rotatable bonds is 4. The first-order chi connectivity index (χ1) is 11.1. The van der Waals surface area contributed by atoms with E-state index in [0.717, 1.165) is 10.5 Å². The molecule has 1 saturated heterocycles. The Morgan fingerprint density at radius 2 is 2.09 bits per heavy atom. The van der Waals surface area contributed by atoms with E-state index in [9.17, 15) is 8.42 Å². The molecule has 1 atom stereocenters. The van der Waals surface area contributed by atoms with Crippen LogP contribution in [0.25, 0.3) is 0 Å². The van der Waals surface area contributed by atoms with Crippen molar-refractivity contribution >= 4 is 21.8 Å². The van der Waals surface area contributed by atoms with E-state index in [1.54, 1.807) is 28.8 Å². The fraction of sp³-hybridized carbons (Fsp3) is 0.312. The van der Waals surface area contributed by atoms with Gasteiger partial charge < -0.3 is 5.32 Å². The van der Waals surface area contributed by atoms with Crippen molar-refractivity contribution in [2.45, 2.75) is 15.8 Å². The van der Waals surface area contributed by atoms with Crippen LogP contribution in [-0.4, -0.2) is 43.6 Å². The predicted molar refractivity (Wildman–Crippen MR) is 92.0 cm³/mol. The van der Waals surface area contributed by atoms with E-state index < -0.39 is 10.0 Å². The number of sulfonamides is 1. The number of aromatic nitrogens is 1. The topological polar surface area (TPSA) is 62.3 Å². The minimum Gasteiger partial charge on any atom is -0.313 e. The maximum atomic E-state index is 13.2. The first kappa shape index (κ1) is 16.4. The molecule has 7 heteroatoms. The Labute approximate surface area is 141 Å². The second kappa shape index (κ2) is 7.00. The Morgan fingerprint density at radius 1 is 1.26 bits per heavy atom. The van der Waals surface area contributed by atoms with E-state index in [2.05, 4.69) is 10.3 Å². The molecule has 1 aliphatic rings. The van der Waals surface area contributed by atoms with Crippen molar-refractivity contribution in [3.8, 4) is 0 Å². The number of pyridine rings is 1. The molecule has 2 aromatic rings. The minimum atomic E-state index is -3.56. The molecular formula is C16H19N3O2S2. The molecule has 0 bridgehead atoms. The lowest BCUT2D eigenvalue weighted by Crippen LogP contribution is -2.48. The van der Waals surface area contributed by atoms with E-state index in [0.29, 0.717) is 24.5 Å². The zero-order valence-electron chi connectivity index (χ0n) is 12.8. The van der Waals surface area contributed by atoms with E-state index >= 15 is 0 Å². The van der Waals surface area contributed by atoms with Crippen LogP contribution in [0, 0.1) is 0 Å². The third-order valence-corrected chi connectivity index (χ3v) is 6.81. The highest BCUT2D eigenvalue weighted by Gasteiger charge is 2.35. The van der Waals surface area contributed by atoms with Crippen LogP contribution >= 0.6 is 11.8 Å². The second-order valence-electron chi connectivity index (χ2n) is 5.27. The molecule has 0 radical (unpaired) electrons. The number of piperazine rings is 1. The van der Waals surface area contributed by atoms with Gasteiger partial charge >= 0.3 is 0 Å². The lowest BCUT2D eigenvalue weighted by Gasteiger charge is -2.35. The van der Waals surface area contributed by atoms with E-state index in [1.807, 2.05) is 30.5 Å². The summed E-state index contributed by atoms with van der Waals surface area (Å²) in [7, 11) is -3.56. The van der Waals surface area contributed by atoms with Gasteiger partial charge in [-0.15, -0.1) is 11.8 Å². The molecule has 1 N–H and O–H groups in total. The summed E-state index contributed by atoms with van der Waals surface area (Å²) in [6, 6.07) is 10.7. The largest absolute Gasteiger partial charge is 0.313 e. The highest BCUT2D eigenvalue weighted by molar-refractivity contribution is 7.99. The van der Waals surface area contributed by atoms with Gasteiger partial charge in [0.15, 0.2) is 0 Å². The highest BCUT2D eigenvalue weighted by Crippen LogP contribution is 2.32. The zero-order valence-corrected chi connectivity index (χ0v) is 14.5. The van der Waals surface area contributed by atoms with E-state index in [-0.39, 0.29) is 6.04 Å². The van der Waals surface area contributed by atoms with Crippen molar-refractivity contribution in [3.63, 3.8) is 0 Å². The Bertz CT molecular complexity index is 766. The molecule has 122 valence electrons. The smallest absolute Gasteiger partial charge is 0.244 e. The van der Waals surface area contributed by atoms with Crippen molar-refractivity contribution in [2.75, 3.05) is 25.9 Å². The number of thioether (sulfide) groups is 1. The molecule has 1 aromatic heterocycles. The van der Waals surface area contributed by atoms with Crippen molar-refractivity contribution in [1.82, 2.24) is 14.6 Å². The van der Waals surface area contributed by atoms with Crippen molar-refractivity contribution in [1.29, 1.82) is 0 Å². The fourth-order valence-corrected chi connectivity index (χ4v) is 5.53. The van der Waals surface area contributed by atoms with Crippen molar-refractivity contribution < 1.29 is 8.42 Å². The van der Waals surface area contributed by atoms with Crippen LogP contribution < -0.4 is 5.32 Å². The van der Waals surface area contributed by atoms with Crippen molar-refractivity contribution in [2.24, 2.45) is 0 Å². The van der Waals surface area contributed by atoms with Crippen LogP contribution in [0.2, 0.25) is 0 Å². The number of hydrogen-bond acceptors (Lipinski definition) is 5. The summed E-state index contributed by atoms with van der Waals surface area (Å²) in [6.45, 7) is 1.69. The minimum absolute atomic E-state index is 0.239. The van der Waals surface area contributed by atoms with Crippen molar-refractivity contribution in [3.05, 3.63) is 54.4 Å². The highest BCUT2D eigenvalue weighted by atomic mass is 32.2. The van der Waals surface area contributed by atoms with Crippen LogP contribution in [0.4, 0.5) is 0 Å². The summed E-state index contributed by atoms with van der Waals surface area (Å²) >= 11 is 1.45. The molecule has 0 amide bonds. The van der Waals surface area contributed by atoms with Gasteiger partial charge in [-0.25, -0.2) is 8.42 Å². The van der Waals surface area contributed by atoms with Gasteiger partial charge in [-0.2, -0.15) is 4.31 Å². The third-order valence-electron chi connectivity index (χ3n) is 3.92. The molecule has 1 unspecified atom stereocenters. The molecule has 0 spiro atoms. The number of nitrogens with zero attached hydrogens (tertiary/aromatic N) is 2. The first-order valence-electron chi connectivity index (χ1n) is 7.40. The Hall–Kier alpha value is -1.41. The number of benzene rings is 1. The van der Waals surface area contributed by atoms with Crippen LogP contribution in [0.5, 0.6) is 0 Å². The lowest BCUT2D eigenvalue weighted by molar-refractivity contribution is 0.270. The Kier molecular flexibility index (Phi) is 5.01. The van der Waals surface area contributed by atoms with Gasteiger partial charge in [0.2, 0.25) is 10.0 Å². The molecule has 1 fully saturated rings. The maximum Gasteiger partial charge on any atom is 0.244 e.